The van der Waals surface area contributed by atoms with Gasteiger partial charge in [0.2, 0.25) is 0 Å². The number of benzene rings is 1. The average Bonchev–Trinajstić information content (AvgIpc) is 2.39. The van der Waals surface area contributed by atoms with Gasteiger partial charge in [0.25, 0.3) is 5.56 Å². The van der Waals surface area contributed by atoms with Crippen LogP contribution in [0.5, 0.6) is 0 Å². The number of nitrogens with zero attached hydrogens (tertiary/aromatic N) is 1. The minimum Gasteiger partial charge on any atom is -0.477 e. The second kappa shape index (κ2) is 5.56. The number of aromatic carboxylic acids is 1. The molecular weight excluding hydrogens is 260 g/mol. The zero-order valence-corrected chi connectivity index (χ0v) is 10.9. The minimum atomic E-state index is -1.35. The second-order valence-electron chi connectivity index (χ2n) is 4.55. The fraction of sp³-hybridized carbons (Fsp3) is 0.214. The zero-order chi connectivity index (χ0) is 14.7. The number of rotatable bonds is 4. The van der Waals surface area contributed by atoms with Gasteiger partial charge >= 0.3 is 11.7 Å². The first-order chi connectivity index (χ1) is 9.49. The van der Waals surface area contributed by atoms with Crippen LogP contribution in [0.1, 0.15) is 28.9 Å². The molecule has 104 valence electrons. The third kappa shape index (κ3) is 2.85. The second-order valence-corrected chi connectivity index (χ2v) is 4.55. The van der Waals surface area contributed by atoms with Crippen LogP contribution in [0.25, 0.3) is 0 Å². The van der Waals surface area contributed by atoms with E-state index < -0.39 is 22.8 Å². The molecule has 2 aromatic rings. The highest BCUT2D eigenvalue weighted by Gasteiger charge is 2.15. The molecule has 1 aromatic heterocycles. The van der Waals surface area contributed by atoms with Crippen molar-refractivity contribution >= 4 is 5.97 Å². The van der Waals surface area contributed by atoms with Gasteiger partial charge < -0.3 is 5.11 Å². The molecule has 1 unspecified atom stereocenters. The number of carboxylic acid groups (broad SMARTS) is 1. The summed E-state index contributed by atoms with van der Waals surface area (Å²) in [6.45, 7) is 1.79. The largest absolute Gasteiger partial charge is 0.477 e. The Morgan fingerprint density at radius 2 is 1.95 bits per heavy atom. The molecule has 2 rings (SSSR count). The van der Waals surface area contributed by atoms with Gasteiger partial charge in [-0.15, -0.1) is 0 Å². The lowest BCUT2D eigenvalue weighted by Crippen LogP contribution is -2.35. The van der Waals surface area contributed by atoms with E-state index in [2.05, 4.69) is 0 Å². The summed E-state index contributed by atoms with van der Waals surface area (Å²) in [5.74, 6) is -1.35. The maximum atomic E-state index is 11.8. The molecule has 2 N–H and O–H groups in total. The van der Waals surface area contributed by atoms with Gasteiger partial charge in [-0.05, 0) is 18.9 Å². The number of carboxylic acids is 1. The van der Waals surface area contributed by atoms with Crippen molar-refractivity contribution in [1.29, 1.82) is 0 Å². The SMILES string of the molecule is CC(Cc1ccccc1)n1cc(C(=O)O)c(=O)[nH]c1=O. The van der Waals surface area contributed by atoms with Crippen molar-refractivity contribution < 1.29 is 9.90 Å². The normalized spacial score (nSPS) is 12.1. The smallest absolute Gasteiger partial charge is 0.342 e. The zero-order valence-electron chi connectivity index (χ0n) is 10.9. The molecule has 0 amide bonds. The maximum Gasteiger partial charge on any atom is 0.342 e. The van der Waals surface area contributed by atoms with Gasteiger partial charge in [-0.2, -0.15) is 0 Å². The Kier molecular flexibility index (Phi) is 3.84. The lowest BCUT2D eigenvalue weighted by molar-refractivity contribution is 0.0693. The van der Waals surface area contributed by atoms with Crippen LogP contribution in [-0.2, 0) is 6.42 Å². The third-order valence-corrected chi connectivity index (χ3v) is 3.05. The van der Waals surface area contributed by atoms with Crippen molar-refractivity contribution in [3.05, 3.63) is 68.5 Å². The van der Waals surface area contributed by atoms with Gasteiger partial charge in [0, 0.05) is 12.2 Å². The molecule has 0 spiro atoms. The molecule has 0 aliphatic heterocycles. The van der Waals surface area contributed by atoms with E-state index in [-0.39, 0.29) is 6.04 Å². The van der Waals surface area contributed by atoms with Crippen molar-refractivity contribution in [3.8, 4) is 0 Å². The molecule has 0 aliphatic rings. The molecule has 6 nitrogen and oxygen atoms in total. The van der Waals surface area contributed by atoms with Crippen LogP contribution in [0, 0.1) is 0 Å². The molecule has 0 aliphatic carbocycles. The Morgan fingerprint density at radius 1 is 1.30 bits per heavy atom. The van der Waals surface area contributed by atoms with Gasteiger partial charge in [0.15, 0.2) is 0 Å². The molecule has 0 saturated heterocycles. The fourth-order valence-electron chi connectivity index (χ4n) is 2.02. The summed E-state index contributed by atoms with van der Waals surface area (Å²) in [7, 11) is 0. The predicted octanol–water partition coefficient (Wildman–Crippen LogP) is 1.04. The van der Waals surface area contributed by atoms with Crippen LogP contribution in [0.4, 0.5) is 0 Å². The highest BCUT2D eigenvalue weighted by Crippen LogP contribution is 2.11. The van der Waals surface area contributed by atoms with Gasteiger partial charge in [0.1, 0.15) is 5.56 Å². The van der Waals surface area contributed by atoms with Crippen molar-refractivity contribution in [1.82, 2.24) is 9.55 Å². The van der Waals surface area contributed by atoms with E-state index in [1.165, 1.54) is 4.57 Å². The summed E-state index contributed by atoms with van der Waals surface area (Å²) in [4.78, 5) is 36.1. The molecule has 1 atom stereocenters. The van der Waals surface area contributed by atoms with E-state index in [9.17, 15) is 14.4 Å². The number of aromatic amines is 1. The standard InChI is InChI=1S/C14H14N2O4/c1-9(7-10-5-3-2-4-6-10)16-8-11(13(18)19)12(17)15-14(16)20/h2-6,8-9H,7H2,1H3,(H,18,19)(H,15,17,20). The monoisotopic (exact) mass is 274 g/mol. The lowest BCUT2D eigenvalue weighted by Gasteiger charge is -2.15. The molecule has 0 saturated carbocycles. The summed E-state index contributed by atoms with van der Waals surface area (Å²) >= 11 is 0. The minimum absolute atomic E-state index is 0.264. The molecule has 1 heterocycles. The van der Waals surface area contributed by atoms with E-state index in [1.54, 1.807) is 6.92 Å². The predicted molar refractivity (Wildman–Crippen MR) is 73.1 cm³/mol. The van der Waals surface area contributed by atoms with E-state index in [0.29, 0.717) is 6.42 Å². The number of nitrogens with one attached hydrogen (secondary N) is 1. The topological polar surface area (TPSA) is 92.2 Å². The van der Waals surface area contributed by atoms with Crippen LogP contribution in [0.3, 0.4) is 0 Å². The van der Waals surface area contributed by atoms with Gasteiger partial charge in [-0.25, -0.2) is 9.59 Å². The summed E-state index contributed by atoms with van der Waals surface area (Å²) in [6, 6.07) is 9.25. The Labute approximate surface area is 114 Å². The summed E-state index contributed by atoms with van der Waals surface area (Å²) in [5.41, 5.74) is -0.909. The number of aromatic nitrogens is 2. The Hall–Kier alpha value is -2.63. The molecule has 0 fully saturated rings. The summed E-state index contributed by atoms with van der Waals surface area (Å²) < 4.78 is 1.23. The summed E-state index contributed by atoms with van der Waals surface area (Å²) in [5, 5.41) is 8.92. The van der Waals surface area contributed by atoms with E-state index in [4.69, 9.17) is 5.11 Å². The van der Waals surface area contributed by atoms with Gasteiger partial charge in [0.05, 0.1) is 0 Å². The first kappa shape index (κ1) is 13.8. The highest BCUT2D eigenvalue weighted by molar-refractivity contribution is 5.86. The molecular formula is C14H14N2O4. The van der Waals surface area contributed by atoms with Crippen LogP contribution < -0.4 is 11.2 Å². The molecule has 0 bridgehead atoms. The average molecular weight is 274 g/mol. The Morgan fingerprint density at radius 3 is 2.55 bits per heavy atom. The van der Waals surface area contributed by atoms with Crippen LogP contribution in [0.15, 0.2) is 46.1 Å². The highest BCUT2D eigenvalue weighted by atomic mass is 16.4. The summed E-state index contributed by atoms with van der Waals surface area (Å²) in [6.07, 6.45) is 1.66. The lowest BCUT2D eigenvalue weighted by atomic mass is 10.1. The van der Waals surface area contributed by atoms with Crippen molar-refractivity contribution in [3.63, 3.8) is 0 Å². The quantitative estimate of drug-likeness (QED) is 0.871. The van der Waals surface area contributed by atoms with Gasteiger partial charge in [-0.1, -0.05) is 30.3 Å². The first-order valence-corrected chi connectivity index (χ1v) is 6.11. The number of hydrogen-bond acceptors (Lipinski definition) is 3. The molecule has 6 heteroatoms. The van der Waals surface area contributed by atoms with E-state index >= 15 is 0 Å². The molecule has 0 radical (unpaired) electrons. The van der Waals surface area contributed by atoms with E-state index in [0.717, 1.165) is 11.8 Å². The third-order valence-electron chi connectivity index (χ3n) is 3.05. The van der Waals surface area contributed by atoms with E-state index in [1.807, 2.05) is 35.3 Å². The van der Waals surface area contributed by atoms with Gasteiger partial charge in [-0.3, -0.25) is 14.3 Å². The maximum absolute atomic E-state index is 11.8. The Balaban J connectivity index is 2.37. The van der Waals surface area contributed by atoms with Crippen LogP contribution in [0.2, 0.25) is 0 Å². The molecule has 1 aromatic carbocycles. The fourth-order valence-corrected chi connectivity index (χ4v) is 2.02. The van der Waals surface area contributed by atoms with Crippen molar-refractivity contribution in [2.24, 2.45) is 0 Å². The number of carbonyl (C=O) groups is 1. The van der Waals surface area contributed by atoms with Crippen molar-refractivity contribution in [2.45, 2.75) is 19.4 Å². The number of H-pyrrole nitrogens is 1. The first-order valence-electron chi connectivity index (χ1n) is 6.11. The van der Waals surface area contributed by atoms with Crippen LogP contribution in [-0.4, -0.2) is 20.6 Å². The molecule has 20 heavy (non-hydrogen) atoms. The van der Waals surface area contributed by atoms with Crippen LogP contribution >= 0.6 is 0 Å². The number of hydrogen-bond donors (Lipinski definition) is 2. The van der Waals surface area contributed by atoms with Crippen molar-refractivity contribution in [2.75, 3.05) is 0 Å². The Bertz CT molecular complexity index is 731.